The van der Waals surface area contributed by atoms with E-state index in [1.807, 2.05) is 18.5 Å². The van der Waals surface area contributed by atoms with Crippen molar-refractivity contribution in [3.05, 3.63) is 41.9 Å². The number of rotatable bonds is 8. The number of fused-ring (bicyclic) bond motifs is 1. The number of carbonyl (C=O) groups excluding carboxylic acids is 1. The van der Waals surface area contributed by atoms with Gasteiger partial charge in [0.15, 0.2) is 0 Å². The van der Waals surface area contributed by atoms with Crippen LogP contribution in [0, 0.1) is 5.82 Å². The number of sulfonamides is 1. The van der Waals surface area contributed by atoms with Crippen molar-refractivity contribution in [2.24, 2.45) is 0 Å². The fraction of sp³-hybridized carbons (Fsp3) is 0.450. The number of thioether (sulfide) groups is 1. The Kier molecular flexibility index (Phi) is 7.02. The molecule has 0 aliphatic carbocycles. The van der Waals surface area contributed by atoms with Crippen LogP contribution in [0.5, 0.6) is 0 Å². The first-order chi connectivity index (χ1) is 13.8. The fourth-order valence-electron chi connectivity index (χ4n) is 3.47. The van der Waals surface area contributed by atoms with Crippen molar-refractivity contribution in [1.82, 2.24) is 14.6 Å². The first-order valence-corrected chi connectivity index (χ1v) is 12.6. The molecule has 6 nitrogen and oxygen atoms in total. The zero-order valence-electron chi connectivity index (χ0n) is 16.6. The van der Waals surface area contributed by atoms with Crippen LogP contribution in [-0.4, -0.2) is 61.1 Å². The molecule has 3 rings (SSSR count). The minimum absolute atomic E-state index is 0.0543. The summed E-state index contributed by atoms with van der Waals surface area (Å²) in [6, 6.07) is 3.93. The average molecular weight is 440 g/mol. The summed E-state index contributed by atoms with van der Waals surface area (Å²) in [4.78, 5) is 17.7. The number of benzene rings is 1. The summed E-state index contributed by atoms with van der Waals surface area (Å²) in [7, 11) is -3.46. The Balaban J connectivity index is 1.74. The number of hydrogen-bond donors (Lipinski definition) is 2. The Hall–Kier alpha value is -1.84. The van der Waals surface area contributed by atoms with E-state index in [1.54, 1.807) is 29.7 Å². The van der Waals surface area contributed by atoms with E-state index in [0.29, 0.717) is 31.7 Å². The number of aromatic amines is 1. The third-order valence-corrected chi connectivity index (χ3v) is 7.17. The summed E-state index contributed by atoms with van der Waals surface area (Å²) < 4.78 is 39.9. The number of halogens is 1. The number of nitrogens with zero attached hydrogens (tertiary/aromatic N) is 1. The lowest BCUT2D eigenvalue weighted by Gasteiger charge is -2.30. The molecule has 1 aromatic heterocycles. The van der Waals surface area contributed by atoms with Gasteiger partial charge in [0.1, 0.15) is 11.9 Å². The van der Waals surface area contributed by atoms with Crippen LogP contribution in [0.15, 0.2) is 30.5 Å². The van der Waals surface area contributed by atoms with Gasteiger partial charge in [-0.05, 0) is 55.5 Å². The molecule has 0 saturated heterocycles. The summed E-state index contributed by atoms with van der Waals surface area (Å²) in [5, 5.41) is 0.950. The van der Waals surface area contributed by atoms with E-state index >= 15 is 0 Å². The monoisotopic (exact) mass is 439 g/mol. The van der Waals surface area contributed by atoms with Crippen molar-refractivity contribution in [2.75, 3.05) is 30.9 Å². The molecule has 1 aliphatic rings. The van der Waals surface area contributed by atoms with Crippen LogP contribution in [0.25, 0.3) is 16.5 Å². The first-order valence-electron chi connectivity index (χ1n) is 9.58. The van der Waals surface area contributed by atoms with Crippen molar-refractivity contribution >= 4 is 44.2 Å². The minimum Gasteiger partial charge on any atom is -0.360 e. The van der Waals surface area contributed by atoms with Crippen molar-refractivity contribution in [1.29, 1.82) is 0 Å². The molecule has 0 saturated carbocycles. The summed E-state index contributed by atoms with van der Waals surface area (Å²) >= 11 is 1.58. The molecule has 1 aromatic carbocycles. The number of nitrogens with one attached hydrogen (secondary N) is 2. The van der Waals surface area contributed by atoms with E-state index in [2.05, 4.69) is 9.71 Å². The quantitative estimate of drug-likeness (QED) is 0.663. The highest BCUT2D eigenvalue weighted by molar-refractivity contribution is 7.98. The summed E-state index contributed by atoms with van der Waals surface area (Å²) in [5.74, 6) is 0.170. The van der Waals surface area contributed by atoms with Gasteiger partial charge in [0.25, 0.3) is 0 Å². The molecule has 1 atom stereocenters. The molecule has 2 aromatic rings. The molecule has 29 heavy (non-hydrogen) atoms. The molecule has 0 radical (unpaired) electrons. The first kappa shape index (κ1) is 21.9. The van der Waals surface area contributed by atoms with Crippen molar-refractivity contribution < 1.29 is 17.6 Å². The van der Waals surface area contributed by atoms with Gasteiger partial charge in [-0.3, -0.25) is 4.79 Å². The lowest BCUT2D eigenvalue weighted by molar-refractivity contribution is -0.132. The van der Waals surface area contributed by atoms with E-state index in [9.17, 15) is 17.6 Å². The Morgan fingerprint density at radius 1 is 1.41 bits per heavy atom. The van der Waals surface area contributed by atoms with Gasteiger partial charge >= 0.3 is 0 Å². The van der Waals surface area contributed by atoms with Crippen molar-refractivity contribution in [3.63, 3.8) is 0 Å². The Morgan fingerprint density at radius 3 is 2.86 bits per heavy atom. The average Bonchev–Trinajstić information content (AvgIpc) is 3.13. The molecule has 1 amide bonds. The summed E-state index contributed by atoms with van der Waals surface area (Å²) in [6.45, 7) is 2.50. The largest absolute Gasteiger partial charge is 0.360 e. The van der Waals surface area contributed by atoms with Crippen LogP contribution < -0.4 is 4.72 Å². The third kappa shape index (κ3) is 5.21. The number of carbonyl (C=O) groups is 1. The highest BCUT2D eigenvalue weighted by atomic mass is 32.2. The highest BCUT2D eigenvalue weighted by Gasteiger charge is 2.28. The predicted octanol–water partition coefficient (Wildman–Crippen LogP) is 2.98. The Labute approximate surface area is 175 Å². The standard InChI is InChI=1S/C20H26FN3O3S2/c1-3-29(26,27)23-18(8-11-28-2)20(25)24-9-6-14(7-10-24)17-13-22-19-12-15(21)4-5-16(17)19/h4-6,12-13,18,22-23H,3,7-11H2,1-2H3. The second kappa shape index (κ2) is 9.32. The minimum atomic E-state index is -3.46. The van der Waals surface area contributed by atoms with Crippen molar-refractivity contribution in [2.45, 2.75) is 25.8 Å². The fourth-order valence-corrected chi connectivity index (χ4v) is 4.76. The molecule has 9 heteroatoms. The smallest absolute Gasteiger partial charge is 0.241 e. The van der Waals surface area contributed by atoms with E-state index in [4.69, 9.17) is 0 Å². The van der Waals surface area contributed by atoms with Gasteiger partial charge < -0.3 is 9.88 Å². The molecule has 1 aliphatic heterocycles. The topological polar surface area (TPSA) is 82.3 Å². The lowest BCUT2D eigenvalue weighted by Crippen LogP contribution is -2.50. The SMILES string of the molecule is CCS(=O)(=O)NC(CCSC)C(=O)N1CC=C(c2c[nH]c3cc(F)ccc23)CC1. The van der Waals surface area contributed by atoms with Gasteiger partial charge in [-0.2, -0.15) is 11.8 Å². The molecular formula is C20H26FN3O3S2. The normalized spacial score (nSPS) is 16.1. The molecule has 158 valence electrons. The number of aromatic nitrogens is 1. The maximum atomic E-state index is 13.4. The maximum absolute atomic E-state index is 13.4. The Bertz CT molecular complexity index is 1020. The molecule has 2 N–H and O–H groups in total. The molecule has 1 unspecified atom stereocenters. The van der Waals surface area contributed by atoms with Gasteiger partial charge in [0.05, 0.1) is 5.75 Å². The molecule has 0 spiro atoms. The van der Waals surface area contributed by atoms with Crippen LogP contribution in [0.1, 0.15) is 25.3 Å². The molecule has 0 bridgehead atoms. The van der Waals surface area contributed by atoms with Crippen LogP contribution in [0.3, 0.4) is 0 Å². The number of hydrogen-bond acceptors (Lipinski definition) is 4. The zero-order valence-corrected chi connectivity index (χ0v) is 18.2. The Morgan fingerprint density at radius 2 is 2.21 bits per heavy atom. The van der Waals surface area contributed by atoms with Crippen LogP contribution in [0.2, 0.25) is 0 Å². The van der Waals surface area contributed by atoms with E-state index in [-0.39, 0.29) is 17.5 Å². The van der Waals surface area contributed by atoms with Gasteiger partial charge in [-0.25, -0.2) is 17.5 Å². The molecule has 0 fully saturated rings. The van der Waals surface area contributed by atoms with Gasteiger partial charge in [0.2, 0.25) is 15.9 Å². The van der Waals surface area contributed by atoms with E-state index in [0.717, 1.165) is 22.0 Å². The van der Waals surface area contributed by atoms with Crippen molar-refractivity contribution in [3.8, 4) is 0 Å². The third-order valence-electron chi connectivity index (χ3n) is 5.12. The second-order valence-electron chi connectivity index (χ2n) is 7.01. The van der Waals surface area contributed by atoms with Gasteiger partial charge in [-0.15, -0.1) is 0 Å². The maximum Gasteiger partial charge on any atom is 0.241 e. The van der Waals surface area contributed by atoms with Crippen LogP contribution in [-0.2, 0) is 14.8 Å². The number of amides is 1. The molecular weight excluding hydrogens is 413 g/mol. The predicted molar refractivity (Wildman–Crippen MR) is 117 cm³/mol. The van der Waals surface area contributed by atoms with Gasteiger partial charge in [0, 0.05) is 35.8 Å². The highest BCUT2D eigenvalue weighted by Crippen LogP contribution is 2.29. The van der Waals surface area contributed by atoms with E-state index in [1.165, 1.54) is 12.1 Å². The molecule has 2 heterocycles. The zero-order chi connectivity index (χ0) is 21.0. The van der Waals surface area contributed by atoms with Crippen LogP contribution in [0.4, 0.5) is 4.39 Å². The second-order valence-corrected chi connectivity index (χ2v) is 10.0. The number of H-pyrrole nitrogens is 1. The lowest BCUT2D eigenvalue weighted by atomic mass is 9.98. The van der Waals surface area contributed by atoms with Gasteiger partial charge in [-0.1, -0.05) is 6.08 Å². The van der Waals surface area contributed by atoms with E-state index < -0.39 is 16.1 Å². The van der Waals surface area contributed by atoms with Crippen LogP contribution >= 0.6 is 11.8 Å². The summed E-state index contributed by atoms with van der Waals surface area (Å²) in [5.41, 5.74) is 2.85. The summed E-state index contributed by atoms with van der Waals surface area (Å²) in [6.07, 6.45) is 6.91.